The van der Waals surface area contributed by atoms with Gasteiger partial charge in [-0.2, -0.15) is 13.1 Å². The predicted molar refractivity (Wildman–Crippen MR) is 28.4 cm³/mol. The Morgan fingerprint density at radius 3 is 1.18 bits per heavy atom. The molecule has 0 saturated heterocycles. The molecule has 0 saturated carbocycles. The van der Waals surface area contributed by atoms with Crippen molar-refractivity contribution in [2.75, 3.05) is 13.1 Å². The van der Waals surface area contributed by atoms with Crippen LogP contribution < -0.4 is 10.2 Å². The molecule has 0 spiro atoms. The molecule has 0 heterocycles. The van der Waals surface area contributed by atoms with Crippen LogP contribution in [0, 0.1) is 0 Å². The van der Waals surface area contributed by atoms with Crippen LogP contribution in [0.2, 0.25) is 0 Å². The van der Waals surface area contributed by atoms with Crippen LogP contribution in [0.1, 0.15) is 0 Å². The Labute approximate surface area is 77.8 Å². The van der Waals surface area contributed by atoms with Gasteiger partial charge in [0.15, 0.2) is 0 Å². The minimum Gasteiger partial charge on any atom is -0.679 e. The molecule has 0 radical (unpaired) electrons. The van der Waals surface area contributed by atoms with E-state index in [2.05, 4.69) is 0 Å². The van der Waals surface area contributed by atoms with Gasteiger partial charge in [0.2, 0.25) is 0 Å². The van der Waals surface area contributed by atoms with Crippen LogP contribution in [0.4, 0.5) is 0 Å². The fraction of sp³-hybridized carbons (Fsp3) is 0.500. The summed E-state index contributed by atoms with van der Waals surface area (Å²) in [6, 6.07) is 0. The van der Waals surface area contributed by atoms with Gasteiger partial charge in [0, 0.05) is 0 Å². The zero-order chi connectivity index (χ0) is 8.57. The summed E-state index contributed by atoms with van der Waals surface area (Å²) >= 11 is 0. The van der Waals surface area contributed by atoms with Gasteiger partial charge in [0.1, 0.15) is 0 Å². The van der Waals surface area contributed by atoms with Crippen molar-refractivity contribution in [1.29, 1.82) is 0 Å². The maximum Gasteiger partial charge on any atom is 4.00 e. The predicted octanol–water partition coefficient (Wildman–Crippen LogP) is -2.43. The van der Waals surface area contributed by atoms with Crippen molar-refractivity contribution in [2.45, 2.75) is 0 Å². The molecule has 0 fully saturated rings. The average molecular weight is 341 g/mol. The molecule has 0 bridgehead atoms. The van der Waals surface area contributed by atoms with E-state index in [1.54, 1.807) is 0 Å². The minimum absolute atomic E-state index is 0. The number of hydrogen-bond donors (Lipinski definition) is 0. The maximum atomic E-state index is 8.93. The van der Waals surface area contributed by atoms with E-state index in [0.29, 0.717) is 0 Å². The molecular formula is C4H6N2O4Pt. The van der Waals surface area contributed by atoms with Crippen molar-refractivity contribution in [3.63, 3.8) is 0 Å². The molecule has 0 rings (SSSR count). The largest absolute Gasteiger partial charge is 4.00 e. The zero-order valence-corrected chi connectivity index (χ0v) is 7.64. The zero-order valence-electron chi connectivity index (χ0n) is 5.36. The molecule has 0 amide bonds. The monoisotopic (exact) mass is 341 g/mol. The number of hydrogen-bond acceptors (Lipinski definition) is 4. The van der Waals surface area contributed by atoms with Crippen LogP contribution in [0.25, 0.3) is 11.5 Å². The van der Waals surface area contributed by atoms with E-state index in [1.165, 1.54) is 0 Å². The first-order valence-corrected chi connectivity index (χ1v) is 2.27. The molecule has 0 aromatic carbocycles. The number of aliphatic carboxylic acids is 2. The fourth-order valence-corrected chi connectivity index (χ4v) is 0. The van der Waals surface area contributed by atoms with E-state index >= 15 is 0 Å². The SMILES string of the molecule is O=C([O-])C(=O)[O-].[NH-]CC[NH-].[Pt+4]. The molecule has 0 aliphatic carbocycles. The van der Waals surface area contributed by atoms with Gasteiger partial charge in [-0.05, 0) is 0 Å². The van der Waals surface area contributed by atoms with E-state index in [1.807, 2.05) is 0 Å². The summed E-state index contributed by atoms with van der Waals surface area (Å²) in [5.74, 6) is -4.37. The number of carboxylic acid groups (broad SMARTS) is 2. The summed E-state index contributed by atoms with van der Waals surface area (Å²) in [5.41, 5.74) is 12.5. The van der Waals surface area contributed by atoms with Gasteiger partial charge in [-0.25, -0.2) is 0 Å². The van der Waals surface area contributed by atoms with Crippen molar-refractivity contribution in [2.24, 2.45) is 0 Å². The summed E-state index contributed by atoms with van der Waals surface area (Å²) in [6.45, 7) is 0.472. The quantitative estimate of drug-likeness (QED) is 0.491. The van der Waals surface area contributed by atoms with Gasteiger partial charge in [0.25, 0.3) is 0 Å². The Bertz CT molecular complexity index is 105. The summed E-state index contributed by atoms with van der Waals surface area (Å²) in [6.07, 6.45) is 0. The number of nitrogens with one attached hydrogen (secondary N) is 2. The Morgan fingerprint density at radius 2 is 1.18 bits per heavy atom. The number of carbonyl (C=O) groups excluding carboxylic acids is 2. The second-order valence-electron chi connectivity index (χ2n) is 1.07. The summed E-state index contributed by atoms with van der Waals surface area (Å²) in [7, 11) is 0. The van der Waals surface area contributed by atoms with Gasteiger partial charge < -0.3 is 31.3 Å². The molecule has 7 heteroatoms. The van der Waals surface area contributed by atoms with E-state index in [0.717, 1.165) is 0 Å². The molecular weight excluding hydrogens is 335 g/mol. The molecule has 0 unspecified atom stereocenters. The number of carbonyl (C=O) groups is 2. The molecule has 6 nitrogen and oxygen atoms in total. The molecule has 0 aliphatic heterocycles. The van der Waals surface area contributed by atoms with Gasteiger partial charge in [-0.15, -0.1) is 0 Å². The fourth-order valence-electron chi connectivity index (χ4n) is 0. The van der Waals surface area contributed by atoms with Crippen molar-refractivity contribution in [1.82, 2.24) is 0 Å². The third-order valence-corrected chi connectivity index (χ3v) is 0.292. The molecule has 0 aromatic heterocycles. The van der Waals surface area contributed by atoms with Crippen LogP contribution in [0.3, 0.4) is 0 Å². The third-order valence-electron chi connectivity index (χ3n) is 0.292. The van der Waals surface area contributed by atoms with Crippen LogP contribution in [0.5, 0.6) is 0 Å². The first kappa shape index (κ1) is 16.9. The molecule has 0 atom stereocenters. The standard InChI is InChI=1S/C2H6N2.C2H2O4.Pt/c3-1-2-4;3-1(4)2(5)6;/h3-4H,1-2H2;(H,3,4)(H,5,6);/q-2;;+4/p-2. The third kappa shape index (κ3) is 26.3. The van der Waals surface area contributed by atoms with Crippen LogP contribution in [-0.2, 0) is 30.7 Å². The first-order chi connectivity index (χ1) is 4.56. The van der Waals surface area contributed by atoms with Gasteiger partial charge in [-0.3, -0.25) is 0 Å². The van der Waals surface area contributed by atoms with Crippen LogP contribution >= 0.6 is 0 Å². The number of rotatable bonds is 1. The number of carboxylic acids is 2. The van der Waals surface area contributed by atoms with Gasteiger partial charge >= 0.3 is 21.1 Å². The van der Waals surface area contributed by atoms with Gasteiger partial charge in [-0.1, -0.05) is 0 Å². The Balaban J connectivity index is -0.000000114. The van der Waals surface area contributed by atoms with Crippen molar-refractivity contribution >= 4 is 11.9 Å². The molecule has 2 N–H and O–H groups in total. The molecule has 66 valence electrons. The summed E-state index contributed by atoms with van der Waals surface area (Å²) in [4.78, 5) is 17.9. The first-order valence-electron chi connectivity index (χ1n) is 2.27. The second kappa shape index (κ2) is 12.2. The Morgan fingerprint density at radius 1 is 1.00 bits per heavy atom. The molecule has 0 aromatic rings. The van der Waals surface area contributed by atoms with E-state index in [4.69, 9.17) is 31.3 Å². The summed E-state index contributed by atoms with van der Waals surface area (Å²) < 4.78 is 0. The summed E-state index contributed by atoms with van der Waals surface area (Å²) in [5, 5.41) is 17.9. The molecule has 0 aliphatic rings. The smallest absolute Gasteiger partial charge is 0.679 e. The van der Waals surface area contributed by atoms with Crippen molar-refractivity contribution in [3.8, 4) is 0 Å². The van der Waals surface area contributed by atoms with Gasteiger partial charge in [0.05, 0.1) is 11.9 Å². The topological polar surface area (TPSA) is 128 Å². The van der Waals surface area contributed by atoms with E-state index in [9.17, 15) is 0 Å². The van der Waals surface area contributed by atoms with Crippen molar-refractivity contribution in [3.05, 3.63) is 11.5 Å². The van der Waals surface area contributed by atoms with E-state index in [-0.39, 0.29) is 34.2 Å². The second-order valence-corrected chi connectivity index (χ2v) is 1.07. The van der Waals surface area contributed by atoms with Crippen LogP contribution in [-0.4, -0.2) is 25.0 Å². The van der Waals surface area contributed by atoms with Crippen molar-refractivity contribution < 1.29 is 40.9 Å². The molecule has 11 heavy (non-hydrogen) atoms. The minimum atomic E-state index is -2.19. The van der Waals surface area contributed by atoms with Crippen LogP contribution in [0.15, 0.2) is 0 Å². The average Bonchev–Trinajstić information content (AvgIpc) is 1.89. The Kier molecular flexibility index (Phi) is 18.8. The maximum absolute atomic E-state index is 8.93. The Hall–Kier alpha value is -0.452. The normalized spacial score (nSPS) is 6.73. The van der Waals surface area contributed by atoms with E-state index < -0.39 is 11.9 Å².